The summed E-state index contributed by atoms with van der Waals surface area (Å²) in [7, 11) is 0. The van der Waals surface area contributed by atoms with Crippen molar-refractivity contribution in [2.75, 3.05) is 6.61 Å². The van der Waals surface area contributed by atoms with E-state index in [1.807, 2.05) is 0 Å². The van der Waals surface area contributed by atoms with Crippen molar-refractivity contribution in [3.8, 4) is 6.07 Å². The average molecular weight is 546 g/mol. The highest BCUT2D eigenvalue weighted by Gasteiger charge is 2.72. The van der Waals surface area contributed by atoms with Crippen molar-refractivity contribution >= 4 is 0 Å². The molecule has 1 saturated heterocycles. The Hall–Kier alpha value is -1.37. The first-order chi connectivity index (χ1) is 18.9. The molecular formula is C37H55NO2. The topological polar surface area (TPSA) is 42.2 Å². The highest BCUT2D eigenvalue weighted by molar-refractivity contribution is 5.21. The minimum atomic E-state index is -0.119. The van der Waals surface area contributed by atoms with Gasteiger partial charge in [-0.05, 0) is 121 Å². The molecule has 40 heavy (non-hydrogen) atoms. The van der Waals surface area contributed by atoms with Gasteiger partial charge in [0.25, 0.3) is 0 Å². The van der Waals surface area contributed by atoms with Crippen molar-refractivity contribution in [2.45, 2.75) is 125 Å². The van der Waals surface area contributed by atoms with Crippen molar-refractivity contribution in [3.63, 3.8) is 0 Å². The van der Waals surface area contributed by atoms with Crippen LogP contribution in [0.25, 0.3) is 0 Å². The molecule has 1 heterocycles. The summed E-state index contributed by atoms with van der Waals surface area (Å²) in [5.41, 5.74) is 2.18. The largest absolute Gasteiger partial charge is 0.376 e. The zero-order valence-electron chi connectivity index (χ0n) is 26.5. The van der Waals surface area contributed by atoms with Gasteiger partial charge in [0.15, 0.2) is 0 Å². The average Bonchev–Trinajstić information content (AvgIpc) is 3.38. The lowest BCUT2D eigenvalue weighted by atomic mass is 9.35. The molecular weight excluding hydrogens is 490 g/mol. The van der Waals surface area contributed by atoms with Crippen LogP contribution in [0.15, 0.2) is 30.3 Å². The Morgan fingerprint density at radius 2 is 1.65 bits per heavy atom. The van der Waals surface area contributed by atoms with Crippen LogP contribution in [0.4, 0.5) is 0 Å². The third kappa shape index (κ3) is 3.94. The number of hydrogen-bond acceptors (Lipinski definition) is 3. The molecule has 6 rings (SSSR count). The maximum Gasteiger partial charge on any atom is 0.0767 e. The summed E-state index contributed by atoms with van der Waals surface area (Å²) in [4.78, 5) is 0. The van der Waals surface area contributed by atoms with Crippen molar-refractivity contribution in [2.24, 2.45) is 57.2 Å². The summed E-state index contributed by atoms with van der Waals surface area (Å²) in [6.07, 6.45) is 11.1. The Balaban J connectivity index is 1.30. The van der Waals surface area contributed by atoms with E-state index < -0.39 is 0 Å². The Kier molecular flexibility index (Phi) is 7.07. The molecule has 0 aromatic heterocycles. The van der Waals surface area contributed by atoms with Gasteiger partial charge < -0.3 is 9.47 Å². The molecule has 10 atom stereocenters. The number of ether oxygens (including phenoxy) is 2. The fourth-order valence-corrected chi connectivity index (χ4v) is 12.3. The molecule has 1 aromatic carbocycles. The minimum absolute atomic E-state index is 0.0568. The molecule has 1 aliphatic heterocycles. The van der Waals surface area contributed by atoms with Gasteiger partial charge in [-0.15, -0.1) is 0 Å². The number of rotatable bonds is 6. The molecule has 3 heteroatoms. The molecule has 0 spiro atoms. The van der Waals surface area contributed by atoms with Gasteiger partial charge in [0.1, 0.15) is 0 Å². The molecule has 4 aliphatic carbocycles. The maximum absolute atomic E-state index is 9.62. The van der Waals surface area contributed by atoms with E-state index in [4.69, 9.17) is 9.47 Å². The standard InChI is InChI=1S/C37H55NO2/c1-25(2)27-15-19-37(24-39-23-26-11-9-8-10-12-26)21-20-34(5)28(32(27)37)13-14-30-35(34,6)18-16-29-33(3,4)31(17-22-38)40-36(29,30)7/h8-12,25,27-32H,13-21,23-24H2,1-7H3/t27-,28+,29-,30-,31+,32+,34+,35+,36-,37+/m0/s1. The lowest BCUT2D eigenvalue weighted by Gasteiger charge is -2.70. The van der Waals surface area contributed by atoms with Crippen LogP contribution in [0.2, 0.25) is 0 Å². The highest BCUT2D eigenvalue weighted by Crippen LogP contribution is 2.76. The fourth-order valence-electron chi connectivity index (χ4n) is 12.3. The summed E-state index contributed by atoms with van der Waals surface area (Å²) in [6, 6.07) is 13.2. The summed E-state index contributed by atoms with van der Waals surface area (Å²) < 4.78 is 13.7. The summed E-state index contributed by atoms with van der Waals surface area (Å²) >= 11 is 0. The van der Waals surface area contributed by atoms with Crippen LogP contribution in [-0.4, -0.2) is 18.3 Å². The summed E-state index contributed by atoms with van der Waals surface area (Å²) in [5, 5.41) is 9.62. The van der Waals surface area contributed by atoms with Gasteiger partial charge in [0.05, 0.1) is 37.4 Å². The maximum atomic E-state index is 9.62. The monoisotopic (exact) mass is 545 g/mol. The van der Waals surface area contributed by atoms with Crippen LogP contribution in [0, 0.1) is 68.5 Å². The predicted molar refractivity (Wildman–Crippen MR) is 161 cm³/mol. The molecule has 220 valence electrons. The van der Waals surface area contributed by atoms with Gasteiger partial charge in [0, 0.05) is 0 Å². The second-order valence-electron chi connectivity index (χ2n) is 16.4. The zero-order chi connectivity index (χ0) is 28.6. The Morgan fingerprint density at radius 3 is 2.35 bits per heavy atom. The van der Waals surface area contributed by atoms with Crippen LogP contribution in [0.5, 0.6) is 0 Å². The van der Waals surface area contributed by atoms with E-state index in [0.717, 1.165) is 36.9 Å². The molecule has 0 N–H and O–H groups in total. The Morgan fingerprint density at radius 1 is 0.900 bits per heavy atom. The number of fused-ring (bicyclic) bond motifs is 7. The molecule has 4 saturated carbocycles. The molecule has 3 nitrogen and oxygen atoms in total. The molecule has 5 aliphatic rings. The smallest absolute Gasteiger partial charge is 0.0767 e. The first-order valence-electron chi connectivity index (χ1n) is 16.6. The third-order valence-corrected chi connectivity index (χ3v) is 14.5. The number of benzene rings is 1. The van der Waals surface area contributed by atoms with Crippen LogP contribution >= 0.6 is 0 Å². The van der Waals surface area contributed by atoms with Crippen molar-refractivity contribution in [1.29, 1.82) is 5.26 Å². The van der Waals surface area contributed by atoms with Gasteiger partial charge in [-0.25, -0.2) is 0 Å². The minimum Gasteiger partial charge on any atom is -0.376 e. The van der Waals surface area contributed by atoms with Crippen LogP contribution in [0.1, 0.15) is 112 Å². The molecule has 1 aromatic rings. The van der Waals surface area contributed by atoms with Gasteiger partial charge in [-0.2, -0.15) is 5.26 Å². The molecule has 0 bridgehead atoms. The third-order valence-electron chi connectivity index (χ3n) is 14.5. The van der Waals surface area contributed by atoms with Crippen molar-refractivity contribution in [3.05, 3.63) is 35.9 Å². The normalized spacial score (nSPS) is 47.2. The van der Waals surface area contributed by atoms with E-state index in [-0.39, 0.29) is 22.5 Å². The van der Waals surface area contributed by atoms with Gasteiger partial charge in [-0.1, -0.05) is 71.9 Å². The lowest BCUT2D eigenvalue weighted by Crippen LogP contribution is -2.66. The second kappa shape index (κ2) is 9.84. The quantitative estimate of drug-likeness (QED) is 0.358. The first-order valence-corrected chi connectivity index (χ1v) is 16.6. The van der Waals surface area contributed by atoms with Gasteiger partial charge >= 0.3 is 0 Å². The fraction of sp³-hybridized carbons (Fsp3) is 0.811. The van der Waals surface area contributed by atoms with Crippen LogP contribution < -0.4 is 0 Å². The number of hydrogen-bond donors (Lipinski definition) is 0. The summed E-state index contributed by atoms with van der Waals surface area (Å²) in [5.74, 6) is 4.18. The van der Waals surface area contributed by atoms with E-state index in [0.29, 0.717) is 29.1 Å². The highest BCUT2D eigenvalue weighted by atomic mass is 16.5. The lowest BCUT2D eigenvalue weighted by molar-refractivity contribution is -0.244. The van der Waals surface area contributed by atoms with Crippen LogP contribution in [0.3, 0.4) is 0 Å². The van der Waals surface area contributed by atoms with E-state index in [1.165, 1.54) is 56.9 Å². The van der Waals surface area contributed by atoms with E-state index in [2.05, 4.69) is 84.9 Å². The first kappa shape index (κ1) is 28.7. The Bertz CT molecular complexity index is 1120. The van der Waals surface area contributed by atoms with E-state index in [9.17, 15) is 5.26 Å². The van der Waals surface area contributed by atoms with Crippen molar-refractivity contribution < 1.29 is 9.47 Å². The van der Waals surface area contributed by atoms with Gasteiger partial charge in [0.2, 0.25) is 0 Å². The van der Waals surface area contributed by atoms with Crippen molar-refractivity contribution in [1.82, 2.24) is 0 Å². The second-order valence-corrected chi connectivity index (χ2v) is 16.4. The number of nitriles is 1. The number of nitrogens with zero attached hydrogens (tertiary/aromatic N) is 1. The van der Waals surface area contributed by atoms with E-state index in [1.54, 1.807) is 0 Å². The predicted octanol–water partition coefficient (Wildman–Crippen LogP) is 9.21. The van der Waals surface area contributed by atoms with Gasteiger partial charge in [-0.3, -0.25) is 0 Å². The molecule has 0 unspecified atom stereocenters. The SMILES string of the molecule is CC(C)[C@@H]1CC[C@]2(COCc3ccccc3)CC[C@]3(C)[C@H](CC[C@@H]4[C@@]5(C)O[C@H](CC#N)C(C)(C)[C@@H]5CC[C@]43C)[C@@H]12. The van der Waals surface area contributed by atoms with E-state index >= 15 is 0 Å². The van der Waals surface area contributed by atoms with Crippen LogP contribution in [-0.2, 0) is 16.1 Å². The zero-order valence-corrected chi connectivity index (χ0v) is 26.5. The molecule has 0 radical (unpaired) electrons. The summed E-state index contributed by atoms with van der Waals surface area (Å²) in [6.45, 7) is 19.3. The Labute approximate surface area is 244 Å². The molecule has 0 amide bonds. The molecule has 5 fully saturated rings.